The Kier molecular flexibility index (Phi) is 4.90. The summed E-state index contributed by atoms with van der Waals surface area (Å²) in [6.07, 6.45) is 1.24. The predicted molar refractivity (Wildman–Crippen MR) is 100 cm³/mol. The molecule has 1 aliphatic heterocycles. The van der Waals surface area contributed by atoms with Crippen LogP contribution in [0.15, 0.2) is 48.5 Å². The molecule has 1 aromatic heterocycles. The van der Waals surface area contributed by atoms with Gasteiger partial charge in [0.2, 0.25) is 0 Å². The summed E-state index contributed by atoms with van der Waals surface area (Å²) in [5.41, 5.74) is 1.08. The van der Waals surface area contributed by atoms with Gasteiger partial charge in [-0.15, -0.1) is 0 Å². The summed E-state index contributed by atoms with van der Waals surface area (Å²) in [6, 6.07) is 14.3. The molecule has 27 heavy (non-hydrogen) atoms. The molecule has 1 amide bonds. The Morgan fingerprint density at radius 2 is 1.89 bits per heavy atom. The van der Waals surface area contributed by atoms with E-state index in [1.54, 1.807) is 4.90 Å². The van der Waals surface area contributed by atoms with Crippen molar-refractivity contribution < 1.29 is 9.18 Å². The number of carbonyl (C=O) groups is 1. The molecular weight excluding hydrogens is 367 g/mol. The topological polar surface area (TPSA) is 51.0 Å². The maximum absolute atomic E-state index is 14.1. The number of aromatic nitrogens is 3. The van der Waals surface area contributed by atoms with Crippen LogP contribution in [0.5, 0.6) is 0 Å². The minimum Gasteiger partial charge on any atom is -0.336 e. The van der Waals surface area contributed by atoms with Gasteiger partial charge in [0.25, 0.3) is 5.91 Å². The number of carbonyl (C=O) groups excluding carboxylic acids is 1. The molecule has 0 N–H and O–H groups in total. The highest BCUT2D eigenvalue weighted by atomic mass is 35.5. The van der Waals surface area contributed by atoms with Gasteiger partial charge in [0, 0.05) is 25.9 Å². The fourth-order valence-corrected chi connectivity index (χ4v) is 3.51. The molecule has 3 aromatic rings. The molecule has 0 unspecified atom stereocenters. The lowest BCUT2D eigenvalue weighted by molar-refractivity contribution is 0.0753. The summed E-state index contributed by atoms with van der Waals surface area (Å²) in [4.78, 5) is 19.0. The van der Waals surface area contributed by atoms with Crippen LogP contribution in [-0.2, 0) is 19.4 Å². The van der Waals surface area contributed by atoms with Gasteiger partial charge in [-0.25, -0.2) is 14.1 Å². The highest BCUT2D eigenvalue weighted by Gasteiger charge is 2.25. The molecule has 0 saturated heterocycles. The fourth-order valence-electron chi connectivity index (χ4n) is 3.27. The van der Waals surface area contributed by atoms with Crippen molar-refractivity contribution in [1.82, 2.24) is 19.7 Å². The summed E-state index contributed by atoms with van der Waals surface area (Å²) in [5.74, 6) is 0.620. The normalized spacial score (nSPS) is 13.9. The van der Waals surface area contributed by atoms with Crippen molar-refractivity contribution in [1.29, 1.82) is 0 Å². The van der Waals surface area contributed by atoms with E-state index >= 15 is 0 Å². The minimum absolute atomic E-state index is 0.0727. The Bertz CT molecular complexity index is 928. The number of fused-ring (bicyclic) bond motifs is 1. The van der Waals surface area contributed by atoms with Crippen molar-refractivity contribution in [2.24, 2.45) is 0 Å². The highest BCUT2D eigenvalue weighted by Crippen LogP contribution is 2.22. The second-order valence-corrected chi connectivity index (χ2v) is 6.88. The summed E-state index contributed by atoms with van der Waals surface area (Å²) in [6.45, 7) is 1.41. The molecule has 0 atom stereocenters. The molecule has 0 bridgehead atoms. The molecule has 5 nitrogen and oxygen atoms in total. The van der Waals surface area contributed by atoms with Crippen LogP contribution in [0.25, 0.3) is 0 Å². The first kappa shape index (κ1) is 17.7. The van der Waals surface area contributed by atoms with Crippen molar-refractivity contribution in [2.75, 3.05) is 13.1 Å². The third-order valence-electron chi connectivity index (χ3n) is 4.65. The lowest BCUT2D eigenvalue weighted by Gasteiger charge is -2.20. The zero-order valence-electron chi connectivity index (χ0n) is 14.6. The van der Waals surface area contributed by atoms with Gasteiger partial charge in [0.05, 0.1) is 17.1 Å². The Hall–Kier alpha value is -2.73. The van der Waals surface area contributed by atoms with Crippen LogP contribution in [0, 0.1) is 5.82 Å². The number of amides is 1. The van der Waals surface area contributed by atoms with Crippen LogP contribution in [0.2, 0.25) is 5.02 Å². The molecule has 0 aliphatic carbocycles. The van der Waals surface area contributed by atoms with Gasteiger partial charge in [0.1, 0.15) is 11.6 Å². The van der Waals surface area contributed by atoms with Crippen LogP contribution >= 0.6 is 11.6 Å². The Morgan fingerprint density at radius 3 is 2.67 bits per heavy atom. The first-order valence-electron chi connectivity index (χ1n) is 8.81. The van der Waals surface area contributed by atoms with Gasteiger partial charge < -0.3 is 4.90 Å². The smallest absolute Gasteiger partial charge is 0.258 e. The molecule has 7 heteroatoms. The summed E-state index contributed by atoms with van der Waals surface area (Å²) in [7, 11) is 0. The summed E-state index contributed by atoms with van der Waals surface area (Å²) in [5, 5.41) is 4.71. The maximum atomic E-state index is 14.1. The van der Waals surface area contributed by atoms with Gasteiger partial charge in [-0.05, 0) is 17.7 Å². The van der Waals surface area contributed by atoms with E-state index in [0.717, 1.165) is 17.2 Å². The Balaban J connectivity index is 1.48. The van der Waals surface area contributed by atoms with Gasteiger partial charge in [-0.1, -0.05) is 48.0 Å². The molecular formula is C20H18ClFN4O. The molecule has 0 radical (unpaired) electrons. The largest absolute Gasteiger partial charge is 0.336 e. The lowest BCUT2D eigenvalue weighted by Crippen LogP contribution is -2.34. The third-order valence-corrected chi connectivity index (χ3v) is 4.96. The molecule has 1 aliphatic rings. The number of hydrogen-bond donors (Lipinski definition) is 0. The highest BCUT2D eigenvalue weighted by molar-refractivity contribution is 6.33. The Labute approximate surface area is 161 Å². The molecule has 138 valence electrons. The second kappa shape index (κ2) is 7.48. The van der Waals surface area contributed by atoms with Gasteiger partial charge in [0.15, 0.2) is 5.82 Å². The minimum atomic E-state index is -0.599. The second-order valence-electron chi connectivity index (χ2n) is 6.47. The molecule has 0 saturated carbocycles. The number of halogens is 2. The van der Waals surface area contributed by atoms with Crippen molar-refractivity contribution in [3.63, 3.8) is 0 Å². The van der Waals surface area contributed by atoms with Gasteiger partial charge in [-0.3, -0.25) is 4.79 Å². The van der Waals surface area contributed by atoms with Gasteiger partial charge in [-0.2, -0.15) is 5.10 Å². The summed E-state index contributed by atoms with van der Waals surface area (Å²) >= 11 is 6.03. The van der Waals surface area contributed by atoms with Gasteiger partial charge >= 0.3 is 0 Å². The first-order valence-corrected chi connectivity index (χ1v) is 9.19. The SMILES string of the molecule is O=C(c1c(F)cccc1Cl)N1CCc2nc(Cc3ccccc3)nn2CC1. The van der Waals surface area contributed by atoms with Crippen molar-refractivity contribution >= 4 is 17.5 Å². The first-order chi connectivity index (χ1) is 13.1. The van der Waals surface area contributed by atoms with Crippen LogP contribution < -0.4 is 0 Å². The van der Waals surface area contributed by atoms with E-state index in [1.807, 2.05) is 35.0 Å². The van der Waals surface area contributed by atoms with E-state index < -0.39 is 11.7 Å². The monoisotopic (exact) mass is 384 g/mol. The average molecular weight is 385 g/mol. The van der Waals surface area contributed by atoms with E-state index in [2.05, 4.69) is 10.1 Å². The molecule has 4 rings (SSSR count). The van der Waals surface area contributed by atoms with E-state index in [0.29, 0.717) is 32.5 Å². The third kappa shape index (κ3) is 3.71. The quantitative estimate of drug-likeness (QED) is 0.695. The zero-order valence-corrected chi connectivity index (χ0v) is 15.4. The van der Waals surface area contributed by atoms with Crippen LogP contribution in [0.4, 0.5) is 4.39 Å². The fraction of sp³-hybridized carbons (Fsp3) is 0.250. The lowest BCUT2D eigenvalue weighted by atomic mass is 10.1. The van der Waals surface area contributed by atoms with E-state index in [-0.39, 0.29) is 10.6 Å². The average Bonchev–Trinajstić information content (AvgIpc) is 2.93. The number of rotatable bonds is 3. The number of hydrogen-bond acceptors (Lipinski definition) is 3. The molecule has 0 fully saturated rings. The summed E-state index contributed by atoms with van der Waals surface area (Å²) < 4.78 is 15.9. The van der Waals surface area contributed by atoms with Crippen LogP contribution in [0.3, 0.4) is 0 Å². The zero-order chi connectivity index (χ0) is 18.8. The van der Waals surface area contributed by atoms with Crippen LogP contribution in [-0.4, -0.2) is 38.7 Å². The number of nitrogens with zero attached hydrogens (tertiary/aromatic N) is 4. The number of benzene rings is 2. The van der Waals surface area contributed by atoms with Crippen molar-refractivity contribution in [3.05, 3.63) is 82.1 Å². The Morgan fingerprint density at radius 1 is 1.07 bits per heavy atom. The standard InChI is InChI=1S/C20H18ClFN4O/c21-15-7-4-8-16(22)19(15)20(27)25-10-9-18-23-17(24-26(18)12-11-25)13-14-5-2-1-3-6-14/h1-8H,9-13H2. The molecule has 0 spiro atoms. The van der Waals surface area contributed by atoms with E-state index in [9.17, 15) is 9.18 Å². The maximum Gasteiger partial charge on any atom is 0.258 e. The van der Waals surface area contributed by atoms with Crippen LogP contribution in [0.1, 0.15) is 27.6 Å². The molecule has 2 aromatic carbocycles. The van der Waals surface area contributed by atoms with Crippen molar-refractivity contribution in [2.45, 2.75) is 19.4 Å². The van der Waals surface area contributed by atoms with E-state index in [1.165, 1.54) is 18.2 Å². The molecule has 2 heterocycles. The predicted octanol–water partition coefficient (Wildman–Crippen LogP) is 3.36. The van der Waals surface area contributed by atoms with E-state index in [4.69, 9.17) is 11.6 Å². The van der Waals surface area contributed by atoms with Crippen molar-refractivity contribution in [3.8, 4) is 0 Å².